The van der Waals surface area contributed by atoms with Gasteiger partial charge >= 0.3 is 0 Å². The van der Waals surface area contributed by atoms with E-state index in [9.17, 15) is 8.42 Å². The van der Waals surface area contributed by atoms with Crippen LogP contribution in [-0.2, 0) is 28.1 Å². The van der Waals surface area contributed by atoms with Gasteiger partial charge in [-0.25, -0.2) is 8.42 Å². The van der Waals surface area contributed by atoms with E-state index in [0.29, 0.717) is 23.9 Å². The summed E-state index contributed by atoms with van der Waals surface area (Å²) in [7, 11) is -1.91. The molecule has 1 aliphatic carbocycles. The molecule has 8 heteroatoms. The van der Waals surface area contributed by atoms with Gasteiger partial charge in [0.1, 0.15) is 10.6 Å². The minimum absolute atomic E-state index is 0.100. The van der Waals surface area contributed by atoms with Gasteiger partial charge in [0, 0.05) is 17.7 Å². The predicted molar refractivity (Wildman–Crippen MR) is 109 cm³/mol. The van der Waals surface area contributed by atoms with Crippen molar-refractivity contribution < 1.29 is 17.7 Å². The zero-order valence-corrected chi connectivity index (χ0v) is 17.8. The highest BCUT2D eigenvalue weighted by Gasteiger charge is 2.49. The average molecular weight is 433 g/mol. The monoisotopic (exact) mass is 432 g/mol. The Labute approximate surface area is 174 Å². The van der Waals surface area contributed by atoms with Crippen molar-refractivity contribution in [2.24, 2.45) is 0 Å². The summed E-state index contributed by atoms with van der Waals surface area (Å²) in [6.07, 6.45) is 4.44. The summed E-state index contributed by atoms with van der Waals surface area (Å²) in [4.78, 5) is 4.78. The van der Waals surface area contributed by atoms with Crippen molar-refractivity contribution in [3.8, 4) is 5.75 Å². The van der Waals surface area contributed by atoms with E-state index in [1.165, 1.54) is 12.7 Å². The summed E-state index contributed by atoms with van der Waals surface area (Å²) >= 11 is 5.97. The molecule has 1 aliphatic rings. The normalized spacial score (nSPS) is 15.3. The lowest BCUT2D eigenvalue weighted by molar-refractivity contribution is 0.340. The van der Waals surface area contributed by atoms with Crippen LogP contribution in [0.3, 0.4) is 0 Å². The van der Waals surface area contributed by atoms with Gasteiger partial charge in [0.25, 0.3) is 0 Å². The van der Waals surface area contributed by atoms with Crippen LogP contribution in [0.15, 0.2) is 51.9 Å². The first-order valence-corrected chi connectivity index (χ1v) is 11.5. The Balaban J connectivity index is 1.52. The molecule has 4 rings (SSSR count). The van der Waals surface area contributed by atoms with E-state index in [1.54, 1.807) is 18.2 Å². The predicted octanol–water partition coefficient (Wildman–Crippen LogP) is 4.00. The molecule has 6 nitrogen and oxygen atoms in total. The molecule has 0 radical (unpaired) electrons. The highest BCUT2D eigenvalue weighted by molar-refractivity contribution is 7.90. The second kappa shape index (κ2) is 7.46. The standard InChI is InChI=1S/C21H21ClN2O4S/c1-27-17-11-15(5-8-18(17)29(2,25)26)12-19-23-20(28-24-19)21(9-10-21)13-14-3-6-16(22)7-4-14/h3-8,11H,9-10,12-13H2,1-2H3. The number of sulfone groups is 1. The molecule has 1 aromatic heterocycles. The number of methoxy groups -OCH3 is 1. The average Bonchev–Trinajstić information content (AvgIpc) is 3.31. The van der Waals surface area contributed by atoms with Crippen molar-refractivity contribution in [1.82, 2.24) is 10.1 Å². The fourth-order valence-corrected chi connectivity index (χ4v) is 4.41. The maximum atomic E-state index is 11.8. The first kappa shape index (κ1) is 19.9. The first-order chi connectivity index (χ1) is 13.8. The van der Waals surface area contributed by atoms with Gasteiger partial charge in [-0.15, -0.1) is 0 Å². The Morgan fingerprint density at radius 3 is 2.45 bits per heavy atom. The summed E-state index contributed by atoms with van der Waals surface area (Å²) in [6.45, 7) is 0. The van der Waals surface area contributed by atoms with E-state index in [4.69, 9.17) is 20.9 Å². The van der Waals surface area contributed by atoms with Gasteiger partial charge in [-0.1, -0.05) is 35.0 Å². The molecule has 0 N–H and O–H groups in total. The van der Waals surface area contributed by atoms with Crippen LogP contribution in [0.5, 0.6) is 5.75 Å². The second-order valence-electron chi connectivity index (χ2n) is 7.53. The third-order valence-corrected chi connectivity index (χ3v) is 6.61. The van der Waals surface area contributed by atoms with Crippen LogP contribution < -0.4 is 4.74 Å². The van der Waals surface area contributed by atoms with Crippen LogP contribution in [0.2, 0.25) is 5.02 Å². The molecule has 0 unspecified atom stereocenters. The van der Waals surface area contributed by atoms with Crippen LogP contribution in [-0.4, -0.2) is 31.9 Å². The lowest BCUT2D eigenvalue weighted by Crippen LogP contribution is -2.11. The van der Waals surface area contributed by atoms with Gasteiger partial charge in [0.2, 0.25) is 5.89 Å². The third-order valence-electron chi connectivity index (χ3n) is 5.22. The fraction of sp³-hybridized carbons (Fsp3) is 0.333. The molecule has 0 amide bonds. The molecule has 2 aromatic carbocycles. The molecule has 1 saturated carbocycles. The Hall–Kier alpha value is -2.38. The molecule has 0 aliphatic heterocycles. The number of halogens is 1. The lowest BCUT2D eigenvalue weighted by Gasteiger charge is -2.10. The quantitative estimate of drug-likeness (QED) is 0.561. The summed E-state index contributed by atoms with van der Waals surface area (Å²) in [5, 5.41) is 4.85. The highest BCUT2D eigenvalue weighted by Crippen LogP contribution is 2.50. The number of ether oxygens (including phenoxy) is 1. The highest BCUT2D eigenvalue weighted by atomic mass is 35.5. The molecule has 0 saturated heterocycles. The van der Waals surface area contributed by atoms with Crippen molar-refractivity contribution in [3.63, 3.8) is 0 Å². The topological polar surface area (TPSA) is 82.3 Å². The minimum Gasteiger partial charge on any atom is -0.495 e. The van der Waals surface area contributed by atoms with Crippen LogP contribution in [0.25, 0.3) is 0 Å². The zero-order chi connectivity index (χ0) is 20.6. The van der Waals surface area contributed by atoms with Crippen LogP contribution in [0.4, 0.5) is 0 Å². The molecule has 152 valence electrons. The third kappa shape index (κ3) is 4.31. The van der Waals surface area contributed by atoms with E-state index in [-0.39, 0.29) is 10.3 Å². The lowest BCUT2D eigenvalue weighted by atomic mass is 9.96. The Morgan fingerprint density at radius 2 is 1.83 bits per heavy atom. The van der Waals surface area contributed by atoms with Crippen molar-refractivity contribution in [2.45, 2.75) is 36.0 Å². The zero-order valence-electron chi connectivity index (χ0n) is 16.2. The largest absolute Gasteiger partial charge is 0.495 e. The number of hydrogen-bond donors (Lipinski definition) is 0. The van der Waals surface area contributed by atoms with Crippen molar-refractivity contribution in [2.75, 3.05) is 13.4 Å². The number of nitrogens with zero attached hydrogens (tertiary/aromatic N) is 2. The summed E-state index contributed by atoms with van der Waals surface area (Å²) < 4.78 is 34.5. The van der Waals surface area contributed by atoms with E-state index in [0.717, 1.165) is 36.1 Å². The van der Waals surface area contributed by atoms with Gasteiger partial charge in [-0.05, 0) is 54.7 Å². The first-order valence-electron chi connectivity index (χ1n) is 9.24. The second-order valence-corrected chi connectivity index (χ2v) is 9.95. The molecular weight excluding hydrogens is 412 g/mol. The van der Waals surface area contributed by atoms with E-state index in [1.807, 2.05) is 24.3 Å². The van der Waals surface area contributed by atoms with Gasteiger partial charge in [0.15, 0.2) is 15.7 Å². The van der Waals surface area contributed by atoms with Crippen molar-refractivity contribution in [3.05, 3.63) is 70.3 Å². The minimum atomic E-state index is -3.36. The van der Waals surface area contributed by atoms with Gasteiger partial charge < -0.3 is 9.26 Å². The maximum absolute atomic E-state index is 11.8. The Kier molecular flexibility index (Phi) is 5.12. The summed E-state index contributed by atoms with van der Waals surface area (Å²) in [5.74, 6) is 1.54. The number of benzene rings is 2. The Bertz CT molecular complexity index is 1140. The fourth-order valence-electron chi connectivity index (χ4n) is 3.46. The molecule has 0 bridgehead atoms. The molecule has 29 heavy (non-hydrogen) atoms. The maximum Gasteiger partial charge on any atom is 0.233 e. The van der Waals surface area contributed by atoms with Crippen LogP contribution in [0.1, 0.15) is 35.7 Å². The molecule has 0 atom stereocenters. The van der Waals surface area contributed by atoms with Crippen molar-refractivity contribution in [1.29, 1.82) is 0 Å². The molecular formula is C21H21ClN2O4S. The summed E-state index contributed by atoms with van der Waals surface area (Å²) in [6, 6.07) is 12.8. The summed E-state index contributed by atoms with van der Waals surface area (Å²) in [5.41, 5.74) is 1.94. The number of hydrogen-bond acceptors (Lipinski definition) is 6. The van der Waals surface area contributed by atoms with E-state index >= 15 is 0 Å². The van der Waals surface area contributed by atoms with Crippen molar-refractivity contribution >= 4 is 21.4 Å². The molecule has 3 aromatic rings. The SMILES string of the molecule is COc1cc(Cc2noc(C3(Cc4ccc(Cl)cc4)CC3)n2)ccc1S(C)(=O)=O. The van der Waals surface area contributed by atoms with Gasteiger partial charge in [-0.3, -0.25) is 0 Å². The van der Waals surface area contributed by atoms with E-state index < -0.39 is 9.84 Å². The number of aromatic nitrogens is 2. The smallest absolute Gasteiger partial charge is 0.233 e. The number of rotatable bonds is 7. The van der Waals surface area contributed by atoms with Crippen LogP contribution >= 0.6 is 11.6 Å². The van der Waals surface area contributed by atoms with Gasteiger partial charge in [-0.2, -0.15) is 4.98 Å². The van der Waals surface area contributed by atoms with E-state index in [2.05, 4.69) is 10.1 Å². The molecule has 1 heterocycles. The van der Waals surface area contributed by atoms with Crippen LogP contribution in [0, 0.1) is 0 Å². The molecule has 1 fully saturated rings. The van der Waals surface area contributed by atoms with Gasteiger partial charge in [0.05, 0.1) is 12.5 Å². The molecule has 0 spiro atoms. The Morgan fingerprint density at radius 1 is 1.14 bits per heavy atom.